The minimum Gasteiger partial charge on any atom is -0.326 e. The number of benzene rings is 2. The second kappa shape index (κ2) is 6.71. The number of rotatable bonds is 4. The molecule has 0 radical (unpaired) electrons. The first-order valence-electron chi connectivity index (χ1n) is 8.62. The van der Waals surface area contributed by atoms with Gasteiger partial charge < -0.3 is 10.6 Å². The molecule has 0 spiro atoms. The van der Waals surface area contributed by atoms with E-state index in [1.165, 1.54) is 5.56 Å². The Kier molecular flexibility index (Phi) is 4.62. The zero-order chi connectivity index (χ0) is 18.1. The third-order valence-corrected chi connectivity index (χ3v) is 4.79. The monoisotopic (exact) mass is 336 g/mol. The topological polar surface area (TPSA) is 58.2 Å². The molecule has 2 amide bonds. The number of para-hydroxylation sites is 1. The Morgan fingerprint density at radius 1 is 0.840 bits per heavy atom. The van der Waals surface area contributed by atoms with Gasteiger partial charge in [0.1, 0.15) is 0 Å². The minimum atomic E-state index is -0.246. The Morgan fingerprint density at radius 3 is 2.00 bits per heavy atom. The van der Waals surface area contributed by atoms with E-state index in [-0.39, 0.29) is 23.7 Å². The predicted octanol–water partition coefficient (Wildman–Crippen LogP) is 4.13. The van der Waals surface area contributed by atoms with E-state index in [0.29, 0.717) is 6.42 Å². The Labute approximate surface area is 148 Å². The molecule has 0 saturated heterocycles. The Balaban J connectivity index is 1.63. The summed E-state index contributed by atoms with van der Waals surface area (Å²) < 4.78 is 0. The van der Waals surface area contributed by atoms with Gasteiger partial charge in [-0.15, -0.1) is 0 Å². The summed E-state index contributed by atoms with van der Waals surface area (Å²) in [5, 5.41) is 5.94. The van der Waals surface area contributed by atoms with E-state index in [1.807, 2.05) is 52.0 Å². The van der Waals surface area contributed by atoms with Gasteiger partial charge in [0.2, 0.25) is 11.8 Å². The van der Waals surface area contributed by atoms with Crippen LogP contribution in [-0.2, 0) is 9.59 Å². The van der Waals surface area contributed by atoms with Crippen LogP contribution in [0.5, 0.6) is 0 Å². The van der Waals surface area contributed by atoms with Gasteiger partial charge in [-0.3, -0.25) is 9.59 Å². The second-order valence-electron chi connectivity index (χ2n) is 7.02. The van der Waals surface area contributed by atoms with Gasteiger partial charge in [0.05, 0.1) is 11.8 Å². The van der Waals surface area contributed by atoms with Gasteiger partial charge in [-0.25, -0.2) is 0 Å². The summed E-state index contributed by atoms with van der Waals surface area (Å²) in [6.45, 7) is 7.98. The number of aryl methyl sites for hydroxylation is 4. The highest BCUT2D eigenvalue weighted by atomic mass is 16.2. The van der Waals surface area contributed by atoms with Crippen molar-refractivity contribution in [2.75, 3.05) is 10.6 Å². The lowest BCUT2D eigenvalue weighted by Crippen LogP contribution is -2.21. The SMILES string of the molecule is Cc1cc(C)c(NC(=O)C2CC2C(=O)Nc2ccccc2C)c(C)c1. The van der Waals surface area contributed by atoms with E-state index in [9.17, 15) is 9.59 Å². The van der Waals surface area contributed by atoms with Gasteiger partial charge in [-0.1, -0.05) is 35.9 Å². The largest absolute Gasteiger partial charge is 0.326 e. The summed E-state index contributed by atoms with van der Waals surface area (Å²) in [6.07, 6.45) is 0.605. The van der Waals surface area contributed by atoms with Crippen LogP contribution in [-0.4, -0.2) is 11.8 Å². The minimum absolute atomic E-state index is 0.0695. The van der Waals surface area contributed by atoms with E-state index in [0.717, 1.165) is 28.1 Å². The fraction of sp³-hybridized carbons (Fsp3) is 0.333. The molecule has 0 bridgehead atoms. The first-order valence-corrected chi connectivity index (χ1v) is 8.62. The van der Waals surface area contributed by atoms with Gasteiger partial charge in [0, 0.05) is 11.4 Å². The maximum atomic E-state index is 12.5. The molecular weight excluding hydrogens is 312 g/mol. The molecule has 130 valence electrons. The highest BCUT2D eigenvalue weighted by molar-refractivity contribution is 6.04. The molecule has 1 aliphatic rings. The zero-order valence-corrected chi connectivity index (χ0v) is 15.1. The molecule has 2 aromatic carbocycles. The van der Waals surface area contributed by atoms with Gasteiger partial charge in [-0.05, 0) is 56.9 Å². The van der Waals surface area contributed by atoms with E-state index in [1.54, 1.807) is 0 Å². The van der Waals surface area contributed by atoms with Crippen molar-refractivity contribution in [3.8, 4) is 0 Å². The maximum absolute atomic E-state index is 12.5. The number of hydrogen-bond acceptors (Lipinski definition) is 2. The Hall–Kier alpha value is -2.62. The standard InChI is InChI=1S/C21H24N2O2/c1-12-9-14(3)19(15(4)10-12)23-21(25)17-11-16(17)20(24)22-18-8-6-5-7-13(18)2/h5-10,16-17H,11H2,1-4H3,(H,22,24)(H,23,25). The van der Waals surface area contributed by atoms with Crippen LogP contribution in [0.3, 0.4) is 0 Å². The first kappa shape index (κ1) is 17.2. The second-order valence-corrected chi connectivity index (χ2v) is 7.02. The van der Waals surface area contributed by atoms with E-state index < -0.39 is 0 Å². The molecule has 1 saturated carbocycles. The molecule has 0 heterocycles. The first-order chi connectivity index (χ1) is 11.9. The average molecular weight is 336 g/mol. The third kappa shape index (κ3) is 3.73. The molecule has 0 aliphatic heterocycles. The smallest absolute Gasteiger partial charge is 0.228 e. The number of anilines is 2. The molecule has 3 rings (SSSR count). The lowest BCUT2D eigenvalue weighted by atomic mass is 10.0. The number of hydrogen-bond donors (Lipinski definition) is 2. The molecule has 4 heteroatoms. The Bertz CT molecular complexity index is 819. The van der Waals surface area contributed by atoms with Crippen molar-refractivity contribution in [3.63, 3.8) is 0 Å². The molecule has 1 fully saturated rings. The molecule has 0 aromatic heterocycles. The maximum Gasteiger partial charge on any atom is 0.228 e. The predicted molar refractivity (Wildman–Crippen MR) is 101 cm³/mol. The summed E-state index contributed by atoms with van der Waals surface area (Å²) in [4.78, 5) is 24.9. The van der Waals surface area contributed by atoms with Crippen LogP contribution in [0.1, 0.15) is 28.7 Å². The zero-order valence-electron chi connectivity index (χ0n) is 15.1. The average Bonchev–Trinajstić information content (AvgIpc) is 3.33. The van der Waals surface area contributed by atoms with Crippen LogP contribution in [0.2, 0.25) is 0 Å². The lowest BCUT2D eigenvalue weighted by molar-refractivity contribution is -0.122. The lowest BCUT2D eigenvalue weighted by Gasteiger charge is -2.13. The van der Waals surface area contributed by atoms with Crippen LogP contribution < -0.4 is 10.6 Å². The van der Waals surface area contributed by atoms with Crippen molar-refractivity contribution in [1.29, 1.82) is 0 Å². The Morgan fingerprint density at radius 2 is 1.40 bits per heavy atom. The van der Waals surface area contributed by atoms with E-state index in [2.05, 4.69) is 22.8 Å². The molecule has 2 unspecified atom stereocenters. The van der Waals surface area contributed by atoms with Crippen molar-refractivity contribution in [2.24, 2.45) is 11.8 Å². The van der Waals surface area contributed by atoms with Crippen molar-refractivity contribution in [2.45, 2.75) is 34.1 Å². The van der Waals surface area contributed by atoms with Crippen molar-refractivity contribution in [3.05, 3.63) is 58.7 Å². The van der Waals surface area contributed by atoms with Gasteiger partial charge in [0.15, 0.2) is 0 Å². The van der Waals surface area contributed by atoms with Gasteiger partial charge >= 0.3 is 0 Å². The van der Waals surface area contributed by atoms with Crippen molar-refractivity contribution < 1.29 is 9.59 Å². The molecule has 2 atom stereocenters. The van der Waals surface area contributed by atoms with Gasteiger partial charge in [0.25, 0.3) is 0 Å². The molecule has 1 aliphatic carbocycles. The number of nitrogens with one attached hydrogen (secondary N) is 2. The van der Waals surface area contributed by atoms with E-state index >= 15 is 0 Å². The van der Waals surface area contributed by atoms with Crippen LogP contribution >= 0.6 is 0 Å². The highest BCUT2D eigenvalue weighted by Gasteiger charge is 2.48. The number of carbonyl (C=O) groups is 2. The normalized spacial score (nSPS) is 18.6. The summed E-state index contributed by atoms with van der Waals surface area (Å²) in [7, 11) is 0. The van der Waals surface area contributed by atoms with Crippen LogP contribution in [0.15, 0.2) is 36.4 Å². The van der Waals surface area contributed by atoms with Crippen LogP contribution in [0.25, 0.3) is 0 Å². The molecule has 2 N–H and O–H groups in total. The fourth-order valence-corrected chi connectivity index (χ4v) is 3.31. The molecule has 2 aromatic rings. The number of amides is 2. The summed E-state index contributed by atoms with van der Waals surface area (Å²) >= 11 is 0. The molecule has 4 nitrogen and oxygen atoms in total. The fourth-order valence-electron chi connectivity index (χ4n) is 3.31. The van der Waals surface area contributed by atoms with Crippen LogP contribution in [0, 0.1) is 39.5 Å². The summed E-state index contributed by atoms with van der Waals surface area (Å²) in [5.74, 6) is -0.637. The number of carbonyl (C=O) groups excluding carboxylic acids is 2. The van der Waals surface area contributed by atoms with Crippen molar-refractivity contribution in [1.82, 2.24) is 0 Å². The third-order valence-electron chi connectivity index (χ3n) is 4.79. The van der Waals surface area contributed by atoms with Crippen LogP contribution in [0.4, 0.5) is 11.4 Å². The van der Waals surface area contributed by atoms with Crippen molar-refractivity contribution >= 4 is 23.2 Å². The quantitative estimate of drug-likeness (QED) is 0.882. The van der Waals surface area contributed by atoms with Gasteiger partial charge in [-0.2, -0.15) is 0 Å². The molecular formula is C21H24N2O2. The van der Waals surface area contributed by atoms with E-state index in [4.69, 9.17) is 0 Å². The highest BCUT2D eigenvalue weighted by Crippen LogP contribution is 2.40. The summed E-state index contributed by atoms with van der Waals surface area (Å²) in [5.41, 5.74) is 5.96. The summed E-state index contributed by atoms with van der Waals surface area (Å²) in [6, 6.07) is 11.8. The molecule has 25 heavy (non-hydrogen) atoms.